The minimum absolute atomic E-state index is 0.0225. The van der Waals surface area contributed by atoms with Crippen molar-refractivity contribution in [3.63, 3.8) is 0 Å². The van der Waals surface area contributed by atoms with Gasteiger partial charge in [-0.2, -0.15) is 0 Å². The van der Waals surface area contributed by atoms with Crippen LogP contribution in [0.5, 0.6) is 0 Å². The second-order valence-electron chi connectivity index (χ2n) is 7.14. The molecule has 3 heterocycles. The van der Waals surface area contributed by atoms with Gasteiger partial charge in [0, 0.05) is 49.7 Å². The van der Waals surface area contributed by atoms with Crippen LogP contribution in [0.4, 0.5) is 0 Å². The number of nitrogens with one attached hydrogen (secondary N) is 1. The fourth-order valence-corrected chi connectivity index (χ4v) is 4.67. The fraction of sp³-hybridized carbons (Fsp3) is 0.526. The summed E-state index contributed by atoms with van der Waals surface area (Å²) in [6.45, 7) is 1.09. The smallest absolute Gasteiger partial charge is 0.225 e. The number of hydrogen-bond donors (Lipinski definition) is 1. The summed E-state index contributed by atoms with van der Waals surface area (Å²) in [5.41, 5.74) is 0.915. The fourth-order valence-electron chi connectivity index (χ4n) is 3.87. The summed E-state index contributed by atoms with van der Waals surface area (Å²) in [5, 5.41) is 5.72. The monoisotopic (exact) mass is 385 g/mol. The predicted molar refractivity (Wildman–Crippen MR) is 102 cm³/mol. The van der Waals surface area contributed by atoms with Gasteiger partial charge in [-0.3, -0.25) is 9.59 Å². The Bertz CT molecular complexity index is 803. The maximum absolute atomic E-state index is 12.4. The lowest BCUT2D eigenvalue weighted by atomic mass is 10.1. The maximum atomic E-state index is 12.4. The molecule has 4 rings (SSSR count). The molecule has 0 radical (unpaired) electrons. The Balaban J connectivity index is 1.25. The van der Waals surface area contributed by atoms with Gasteiger partial charge in [0.15, 0.2) is 10.8 Å². The molecule has 1 aliphatic carbocycles. The molecule has 8 heteroatoms. The molecule has 0 unspecified atom stereocenters. The van der Waals surface area contributed by atoms with Gasteiger partial charge in [-0.05, 0) is 18.9 Å². The normalized spacial score (nSPS) is 20.4. The molecule has 2 aromatic rings. The molecule has 0 spiro atoms. The number of aromatic nitrogens is 3. The van der Waals surface area contributed by atoms with E-state index in [2.05, 4.69) is 20.3 Å². The molecule has 1 saturated heterocycles. The van der Waals surface area contributed by atoms with E-state index in [0.29, 0.717) is 37.8 Å². The van der Waals surface area contributed by atoms with Crippen molar-refractivity contribution >= 4 is 23.2 Å². The number of rotatable bonds is 6. The molecule has 1 atom stereocenters. The highest BCUT2D eigenvalue weighted by Crippen LogP contribution is 2.29. The molecule has 7 nitrogen and oxygen atoms in total. The first-order valence-electron chi connectivity index (χ1n) is 9.49. The maximum Gasteiger partial charge on any atom is 0.225 e. The number of carbonyl (C=O) groups excluding carboxylic acids is 2. The lowest BCUT2D eigenvalue weighted by molar-refractivity contribution is -0.130. The van der Waals surface area contributed by atoms with Gasteiger partial charge in [0.1, 0.15) is 0 Å². The van der Waals surface area contributed by atoms with Gasteiger partial charge in [0.2, 0.25) is 11.8 Å². The molecule has 2 amide bonds. The number of likely N-dealkylation sites (tertiary alicyclic amines) is 1. The van der Waals surface area contributed by atoms with Gasteiger partial charge in [-0.15, -0.1) is 11.3 Å². The van der Waals surface area contributed by atoms with Gasteiger partial charge in [-0.25, -0.2) is 15.0 Å². The lowest BCUT2D eigenvalue weighted by Crippen LogP contribution is -2.37. The van der Waals surface area contributed by atoms with E-state index >= 15 is 0 Å². The van der Waals surface area contributed by atoms with E-state index in [0.717, 1.165) is 23.5 Å². The third kappa shape index (κ3) is 4.16. The van der Waals surface area contributed by atoms with Crippen LogP contribution in [0, 0.1) is 5.92 Å². The summed E-state index contributed by atoms with van der Waals surface area (Å²) >= 11 is 1.50. The van der Waals surface area contributed by atoms with Gasteiger partial charge in [0.25, 0.3) is 0 Å². The van der Waals surface area contributed by atoms with Crippen molar-refractivity contribution < 1.29 is 9.59 Å². The second-order valence-corrected chi connectivity index (χ2v) is 8.00. The Morgan fingerprint density at radius 2 is 2.04 bits per heavy atom. The molecule has 2 aromatic heterocycles. The van der Waals surface area contributed by atoms with E-state index in [1.54, 1.807) is 18.5 Å². The Kier molecular flexibility index (Phi) is 5.42. The highest BCUT2D eigenvalue weighted by atomic mass is 32.1. The standard InChI is InChI=1S/C19H23N5O2S/c25-16-10-13(11-24(16)15-4-1-2-5-15)18(26)22-9-6-14-12-27-19(23-14)17-20-7-3-8-21-17/h3,7-8,12-13,15H,1-2,4-6,9-11H2,(H,22,26)/t13-/m0/s1. The van der Waals surface area contributed by atoms with Crippen LogP contribution in [0.2, 0.25) is 0 Å². The first kappa shape index (κ1) is 18.0. The SMILES string of the molecule is O=C(NCCc1csc(-c2ncccn2)n1)[C@H]1CC(=O)N(C2CCCC2)C1. The van der Waals surface area contributed by atoms with E-state index < -0.39 is 0 Å². The van der Waals surface area contributed by atoms with Crippen molar-refractivity contribution in [3.8, 4) is 10.8 Å². The number of thiazole rings is 1. The van der Waals surface area contributed by atoms with Crippen molar-refractivity contribution in [1.29, 1.82) is 0 Å². The van der Waals surface area contributed by atoms with Crippen LogP contribution in [-0.2, 0) is 16.0 Å². The quantitative estimate of drug-likeness (QED) is 0.822. The summed E-state index contributed by atoms with van der Waals surface area (Å²) in [6.07, 6.45) is 8.93. The van der Waals surface area contributed by atoms with Gasteiger partial charge in [-0.1, -0.05) is 12.8 Å². The van der Waals surface area contributed by atoms with E-state index in [1.165, 1.54) is 24.2 Å². The first-order valence-corrected chi connectivity index (χ1v) is 10.4. The minimum atomic E-state index is -0.221. The number of amides is 2. The summed E-state index contributed by atoms with van der Waals surface area (Å²) in [7, 11) is 0. The van der Waals surface area contributed by atoms with Crippen molar-refractivity contribution in [2.24, 2.45) is 5.92 Å². The molecular weight excluding hydrogens is 362 g/mol. The van der Waals surface area contributed by atoms with Gasteiger partial charge < -0.3 is 10.2 Å². The predicted octanol–water partition coefficient (Wildman–Crippen LogP) is 2.05. The van der Waals surface area contributed by atoms with Crippen molar-refractivity contribution in [2.45, 2.75) is 44.6 Å². The molecule has 1 saturated carbocycles. The average molecular weight is 385 g/mol. The average Bonchev–Trinajstić information content (AvgIpc) is 3.43. The van der Waals surface area contributed by atoms with Crippen LogP contribution in [0.15, 0.2) is 23.8 Å². The van der Waals surface area contributed by atoms with Crippen LogP contribution < -0.4 is 5.32 Å². The summed E-state index contributed by atoms with van der Waals surface area (Å²) in [5.74, 6) is 0.510. The topological polar surface area (TPSA) is 88.1 Å². The Hall–Kier alpha value is -2.35. The van der Waals surface area contributed by atoms with Gasteiger partial charge in [0.05, 0.1) is 11.6 Å². The molecule has 27 heavy (non-hydrogen) atoms. The highest BCUT2D eigenvalue weighted by Gasteiger charge is 2.38. The summed E-state index contributed by atoms with van der Waals surface area (Å²) in [6, 6.07) is 2.12. The molecular formula is C19H23N5O2S. The Morgan fingerprint density at radius 3 is 2.81 bits per heavy atom. The third-order valence-electron chi connectivity index (χ3n) is 5.28. The molecule has 1 aliphatic heterocycles. The Morgan fingerprint density at radius 1 is 1.26 bits per heavy atom. The molecule has 0 aromatic carbocycles. The van der Waals surface area contributed by atoms with E-state index in [9.17, 15) is 9.59 Å². The van der Waals surface area contributed by atoms with Crippen LogP contribution in [0.25, 0.3) is 10.8 Å². The van der Waals surface area contributed by atoms with Crippen LogP contribution >= 0.6 is 11.3 Å². The van der Waals surface area contributed by atoms with E-state index in [1.807, 2.05) is 10.3 Å². The number of nitrogens with zero attached hydrogens (tertiary/aromatic N) is 4. The van der Waals surface area contributed by atoms with Gasteiger partial charge >= 0.3 is 0 Å². The zero-order valence-electron chi connectivity index (χ0n) is 15.1. The van der Waals surface area contributed by atoms with E-state index in [4.69, 9.17) is 0 Å². The Labute approximate surface area is 162 Å². The molecule has 1 N–H and O–H groups in total. The lowest BCUT2D eigenvalue weighted by Gasteiger charge is -2.23. The summed E-state index contributed by atoms with van der Waals surface area (Å²) < 4.78 is 0. The number of hydrogen-bond acceptors (Lipinski definition) is 6. The molecule has 0 bridgehead atoms. The summed E-state index contributed by atoms with van der Waals surface area (Å²) in [4.78, 5) is 39.5. The zero-order chi connectivity index (χ0) is 18.6. The largest absolute Gasteiger partial charge is 0.355 e. The molecule has 2 fully saturated rings. The van der Waals surface area contributed by atoms with Crippen molar-refractivity contribution in [1.82, 2.24) is 25.2 Å². The highest BCUT2D eigenvalue weighted by molar-refractivity contribution is 7.13. The third-order valence-corrected chi connectivity index (χ3v) is 6.17. The number of carbonyl (C=O) groups is 2. The van der Waals surface area contributed by atoms with Crippen molar-refractivity contribution in [2.75, 3.05) is 13.1 Å². The first-order chi connectivity index (χ1) is 13.2. The minimum Gasteiger partial charge on any atom is -0.355 e. The van der Waals surface area contributed by atoms with Crippen molar-refractivity contribution in [3.05, 3.63) is 29.5 Å². The van der Waals surface area contributed by atoms with Crippen LogP contribution in [-0.4, -0.2) is 50.8 Å². The second kappa shape index (κ2) is 8.12. The van der Waals surface area contributed by atoms with E-state index in [-0.39, 0.29) is 17.7 Å². The van der Waals surface area contributed by atoms with Crippen LogP contribution in [0.1, 0.15) is 37.8 Å². The molecule has 142 valence electrons. The van der Waals surface area contributed by atoms with Crippen LogP contribution in [0.3, 0.4) is 0 Å². The zero-order valence-corrected chi connectivity index (χ0v) is 16.0. The molecule has 2 aliphatic rings.